The summed E-state index contributed by atoms with van der Waals surface area (Å²) in [6.45, 7) is 1.50. The van der Waals surface area contributed by atoms with Crippen molar-refractivity contribution >= 4 is 28.5 Å². The van der Waals surface area contributed by atoms with Crippen LogP contribution in [-0.4, -0.2) is 35.9 Å². The Labute approximate surface area is 113 Å². The summed E-state index contributed by atoms with van der Waals surface area (Å²) in [6.07, 6.45) is 0. The average Bonchev–Trinajstić information content (AvgIpc) is 2.40. The van der Waals surface area contributed by atoms with Gasteiger partial charge in [0.2, 0.25) is 0 Å². The van der Waals surface area contributed by atoms with Crippen LogP contribution >= 0.6 is 11.6 Å². The molecule has 0 aliphatic carbocycles. The number of hydrogen-bond donors (Lipinski definition) is 1. The molecule has 100 valence electrons. The number of hydrogen-bond acceptors (Lipinski definition) is 5. The largest absolute Gasteiger partial charge is 0.377 e. The first kappa shape index (κ1) is 12.4. The molecule has 3 rings (SSSR count). The fourth-order valence-electron chi connectivity index (χ4n) is 2.42. The van der Waals surface area contributed by atoms with Crippen LogP contribution in [0.1, 0.15) is 22.0 Å². The Kier molecular flexibility index (Phi) is 2.91. The molecule has 0 saturated carbocycles. The molecule has 1 aromatic rings. The van der Waals surface area contributed by atoms with Crippen LogP contribution in [0, 0.1) is 5.82 Å². The molecule has 19 heavy (non-hydrogen) atoms. The zero-order valence-electron chi connectivity index (χ0n) is 9.90. The summed E-state index contributed by atoms with van der Waals surface area (Å²) in [5.41, 5.74) is 6.68. The zero-order valence-corrected chi connectivity index (χ0v) is 10.7. The molecule has 0 spiro atoms. The molecule has 0 bridgehead atoms. The second-order valence-corrected chi connectivity index (χ2v) is 4.77. The van der Waals surface area contributed by atoms with E-state index in [1.54, 1.807) is 6.07 Å². The number of aliphatic imine (C=N–C) groups is 1. The highest BCUT2D eigenvalue weighted by atomic mass is 35.5. The third-order valence-electron chi connectivity index (χ3n) is 3.33. The van der Waals surface area contributed by atoms with Gasteiger partial charge < -0.3 is 15.4 Å². The van der Waals surface area contributed by atoms with Crippen molar-refractivity contribution in [1.82, 2.24) is 4.90 Å². The molecule has 1 atom stereocenters. The van der Waals surface area contributed by atoms with Crippen LogP contribution in [0.5, 0.6) is 0 Å². The van der Waals surface area contributed by atoms with E-state index in [1.807, 2.05) is 4.90 Å². The van der Waals surface area contributed by atoms with Crippen LogP contribution in [-0.2, 0) is 4.74 Å². The van der Waals surface area contributed by atoms with E-state index in [4.69, 9.17) is 22.1 Å². The number of guanidine groups is 1. The Balaban J connectivity index is 2.17. The van der Waals surface area contributed by atoms with Crippen LogP contribution in [0.2, 0.25) is 0 Å². The first-order chi connectivity index (χ1) is 9.08. The van der Waals surface area contributed by atoms with Crippen molar-refractivity contribution in [1.29, 1.82) is 0 Å². The van der Waals surface area contributed by atoms with Gasteiger partial charge >= 0.3 is 0 Å². The molecule has 0 radical (unpaired) electrons. The lowest BCUT2D eigenvalue weighted by atomic mass is 9.98. The Bertz CT molecular complexity index is 591. The maximum atomic E-state index is 14.0. The lowest BCUT2D eigenvalue weighted by Gasteiger charge is -2.39. The fourth-order valence-corrected chi connectivity index (χ4v) is 2.53. The first-order valence-electron chi connectivity index (χ1n) is 5.79. The maximum absolute atomic E-state index is 14.0. The summed E-state index contributed by atoms with van der Waals surface area (Å²) in [5, 5.41) is -0.701. The Hall–Kier alpha value is -1.66. The van der Waals surface area contributed by atoms with Crippen LogP contribution < -0.4 is 5.73 Å². The van der Waals surface area contributed by atoms with E-state index in [-0.39, 0.29) is 23.3 Å². The zero-order chi connectivity index (χ0) is 13.6. The Morgan fingerprint density at radius 3 is 3.11 bits per heavy atom. The Morgan fingerprint density at radius 1 is 1.58 bits per heavy atom. The molecule has 1 saturated heterocycles. The van der Waals surface area contributed by atoms with Gasteiger partial charge in [0.1, 0.15) is 11.5 Å². The van der Waals surface area contributed by atoms with Gasteiger partial charge in [-0.05, 0) is 23.7 Å². The highest BCUT2D eigenvalue weighted by molar-refractivity contribution is 6.67. The van der Waals surface area contributed by atoms with E-state index in [1.165, 1.54) is 0 Å². The molecule has 1 fully saturated rings. The SMILES string of the molecule is NC1=Nc2c(F)cc(C(=O)Cl)cc2C2COCCN12. The van der Waals surface area contributed by atoms with E-state index >= 15 is 0 Å². The number of carbonyl (C=O) groups is 1. The molecule has 2 heterocycles. The molecular weight excluding hydrogens is 273 g/mol. The summed E-state index contributed by atoms with van der Waals surface area (Å²) >= 11 is 5.41. The number of rotatable bonds is 1. The smallest absolute Gasteiger partial charge is 0.252 e. The monoisotopic (exact) mass is 283 g/mol. The van der Waals surface area contributed by atoms with Gasteiger partial charge in [-0.3, -0.25) is 4.79 Å². The topological polar surface area (TPSA) is 67.9 Å². The van der Waals surface area contributed by atoms with E-state index in [9.17, 15) is 9.18 Å². The van der Waals surface area contributed by atoms with Gasteiger partial charge in [0, 0.05) is 17.7 Å². The molecule has 1 aromatic carbocycles. The predicted octanol–water partition coefficient (Wildman–Crippen LogP) is 1.54. The van der Waals surface area contributed by atoms with Crippen molar-refractivity contribution in [3.63, 3.8) is 0 Å². The molecule has 5 nitrogen and oxygen atoms in total. The molecule has 2 aliphatic heterocycles. The highest BCUT2D eigenvalue weighted by Gasteiger charge is 2.33. The van der Waals surface area contributed by atoms with Crippen LogP contribution in [0.3, 0.4) is 0 Å². The van der Waals surface area contributed by atoms with Gasteiger partial charge in [-0.1, -0.05) is 0 Å². The van der Waals surface area contributed by atoms with Crippen molar-refractivity contribution in [3.8, 4) is 0 Å². The van der Waals surface area contributed by atoms with Gasteiger partial charge in [-0.15, -0.1) is 0 Å². The maximum Gasteiger partial charge on any atom is 0.252 e. The summed E-state index contributed by atoms with van der Waals surface area (Å²) < 4.78 is 19.4. The normalized spacial score (nSPS) is 21.5. The summed E-state index contributed by atoms with van der Waals surface area (Å²) in [5.74, 6) is -0.334. The lowest BCUT2D eigenvalue weighted by Crippen LogP contribution is -2.48. The number of nitrogens with two attached hydrogens (primary N) is 1. The molecular formula is C12H11ClFN3O2. The van der Waals surface area contributed by atoms with Gasteiger partial charge in [-0.25, -0.2) is 9.38 Å². The van der Waals surface area contributed by atoms with Gasteiger partial charge in [0.25, 0.3) is 5.24 Å². The average molecular weight is 284 g/mol. The van der Waals surface area contributed by atoms with Crippen molar-refractivity contribution in [3.05, 3.63) is 29.1 Å². The minimum Gasteiger partial charge on any atom is -0.377 e. The standard InChI is InChI=1S/C12H11ClFN3O2/c13-11(18)6-3-7-9-5-19-2-1-17(9)12(15)16-10(7)8(14)4-6/h3-4,9H,1-2,5H2,(H2,15,16). The lowest BCUT2D eigenvalue weighted by molar-refractivity contribution is 0.0240. The third-order valence-corrected chi connectivity index (χ3v) is 3.55. The number of morpholine rings is 1. The van der Waals surface area contributed by atoms with Crippen molar-refractivity contribution < 1.29 is 13.9 Å². The van der Waals surface area contributed by atoms with Gasteiger partial charge in [0.15, 0.2) is 5.96 Å². The van der Waals surface area contributed by atoms with Crippen molar-refractivity contribution in [2.45, 2.75) is 6.04 Å². The minimum atomic E-state index is -0.701. The number of benzene rings is 1. The minimum absolute atomic E-state index is 0.110. The van der Waals surface area contributed by atoms with E-state index < -0.39 is 11.1 Å². The van der Waals surface area contributed by atoms with E-state index in [0.717, 1.165) is 6.07 Å². The van der Waals surface area contributed by atoms with Gasteiger partial charge in [0.05, 0.1) is 19.3 Å². The second kappa shape index (κ2) is 4.47. The van der Waals surface area contributed by atoms with E-state index in [0.29, 0.717) is 25.3 Å². The summed E-state index contributed by atoms with van der Waals surface area (Å²) in [7, 11) is 0. The summed E-state index contributed by atoms with van der Waals surface area (Å²) in [6, 6.07) is 2.40. The molecule has 0 amide bonds. The van der Waals surface area contributed by atoms with Crippen molar-refractivity contribution in [2.24, 2.45) is 10.7 Å². The number of halogens is 2. The Morgan fingerprint density at radius 2 is 2.37 bits per heavy atom. The molecule has 1 unspecified atom stereocenters. The summed E-state index contributed by atoms with van der Waals surface area (Å²) in [4.78, 5) is 17.1. The number of carbonyl (C=O) groups excluding carboxylic acids is 1. The number of fused-ring (bicyclic) bond motifs is 3. The predicted molar refractivity (Wildman–Crippen MR) is 68.1 cm³/mol. The fraction of sp³-hybridized carbons (Fsp3) is 0.333. The van der Waals surface area contributed by atoms with Crippen LogP contribution in [0.25, 0.3) is 0 Å². The number of ether oxygens (including phenoxy) is 1. The van der Waals surface area contributed by atoms with Crippen LogP contribution in [0.4, 0.5) is 10.1 Å². The third kappa shape index (κ3) is 1.97. The molecule has 7 heteroatoms. The number of nitrogens with zero attached hydrogens (tertiary/aromatic N) is 2. The molecule has 0 aromatic heterocycles. The van der Waals surface area contributed by atoms with Crippen LogP contribution in [0.15, 0.2) is 17.1 Å². The van der Waals surface area contributed by atoms with Crippen molar-refractivity contribution in [2.75, 3.05) is 19.8 Å². The molecule has 2 aliphatic rings. The molecule has 2 N–H and O–H groups in total. The first-order valence-corrected chi connectivity index (χ1v) is 6.17. The van der Waals surface area contributed by atoms with E-state index in [2.05, 4.69) is 4.99 Å². The van der Waals surface area contributed by atoms with Gasteiger partial charge in [-0.2, -0.15) is 0 Å². The highest BCUT2D eigenvalue weighted by Crippen LogP contribution is 2.38. The quantitative estimate of drug-likeness (QED) is 0.794. The second-order valence-electron chi connectivity index (χ2n) is 4.42.